The Morgan fingerprint density at radius 3 is 3.00 bits per heavy atom. The van der Waals surface area contributed by atoms with Crippen LogP contribution in [0.25, 0.3) is 11.4 Å². The van der Waals surface area contributed by atoms with E-state index in [0.717, 1.165) is 17.1 Å². The molecule has 2 rings (SSSR count). The molecule has 0 aliphatic rings. The first-order chi connectivity index (χ1) is 6.40. The highest BCUT2D eigenvalue weighted by Crippen LogP contribution is 2.16. The van der Waals surface area contributed by atoms with E-state index in [1.165, 1.54) is 5.56 Å². The van der Waals surface area contributed by atoms with Crippen molar-refractivity contribution in [2.24, 2.45) is 0 Å². The van der Waals surface area contributed by atoms with E-state index >= 15 is 0 Å². The van der Waals surface area contributed by atoms with Gasteiger partial charge in [-0.3, -0.25) is 0 Å². The molecule has 13 heavy (non-hydrogen) atoms. The topological polar surface area (TPSA) is 28.7 Å². The largest absolute Gasteiger partial charge is 0.345 e. The summed E-state index contributed by atoms with van der Waals surface area (Å²) in [5, 5.41) is 0. The van der Waals surface area contributed by atoms with E-state index in [2.05, 4.69) is 34.7 Å². The van der Waals surface area contributed by atoms with Crippen molar-refractivity contribution in [2.75, 3.05) is 0 Å². The third-order valence-electron chi connectivity index (χ3n) is 1.88. The van der Waals surface area contributed by atoms with E-state index < -0.39 is 0 Å². The Morgan fingerprint density at radius 1 is 1.38 bits per heavy atom. The molecule has 1 N–H and O–H groups in total. The molecule has 0 aliphatic carbocycles. The second-order valence-electron chi connectivity index (χ2n) is 2.80. The molecule has 0 saturated heterocycles. The second kappa shape index (κ2) is 3.66. The van der Waals surface area contributed by atoms with Gasteiger partial charge in [0.15, 0.2) is 0 Å². The smallest absolute Gasteiger partial charge is 0.137 e. The monoisotopic (exact) mass is 190 g/mol. The Balaban J connectivity index is 2.41. The van der Waals surface area contributed by atoms with Gasteiger partial charge in [-0.1, -0.05) is 18.2 Å². The fourth-order valence-electron chi connectivity index (χ4n) is 1.24. The molecule has 1 aromatic carbocycles. The fourth-order valence-corrected chi connectivity index (χ4v) is 1.44. The maximum Gasteiger partial charge on any atom is 0.137 e. The van der Waals surface area contributed by atoms with E-state index in [1.807, 2.05) is 18.3 Å². The Hall–Kier alpha value is -1.22. The van der Waals surface area contributed by atoms with Crippen LogP contribution in [0.1, 0.15) is 5.56 Å². The molecule has 3 heteroatoms. The summed E-state index contributed by atoms with van der Waals surface area (Å²) in [6.45, 7) is 0. The minimum absolute atomic E-state index is 0.758. The van der Waals surface area contributed by atoms with Gasteiger partial charge in [0.2, 0.25) is 0 Å². The first-order valence-corrected chi connectivity index (χ1v) is 4.73. The van der Waals surface area contributed by atoms with Gasteiger partial charge in [-0.2, -0.15) is 12.6 Å². The van der Waals surface area contributed by atoms with E-state index in [0.29, 0.717) is 0 Å². The molecule has 0 spiro atoms. The zero-order chi connectivity index (χ0) is 9.10. The van der Waals surface area contributed by atoms with Gasteiger partial charge in [0.05, 0.1) is 0 Å². The summed E-state index contributed by atoms with van der Waals surface area (Å²) in [6, 6.07) is 8.19. The lowest BCUT2D eigenvalue weighted by atomic mass is 10.1. The van der Waals surface area contributed by atoms with Gasteiger partial charge in [0.1, 0.15) is 5.82 Å². The average Bonchev–Trinajstić information content (AvgIpc) is 2.71. The average molecular weight is 190 g/mol. The summed E-state index contributed by atoms with van der Waals surface area (Å²) in [6.07, 6.45) is 3.57. The normalized spacial score (nSPS) is 10.2. The van der Waals surface area contributed by atoms with Gasteiger partial charge in [0.25, 0.3) is 0 Å². The summed E-state index contributed by atoms with van der Waals surface area (Å²) in [5.41, 5.74) is 2.31. The molecule has 66 valence electrons. The first kappa shape index (κ1) is 8.38. The highest BCUT2D eigenvalue weighted by molar-refractivity contribution is 7.79. The van der Waals surface area contributed by atoms with Crippen molar-refractivity contribution < 1.29 is 0 Å². The number of thiol groups is 1. The Labute approximate surface area is 82.4 Å². The molecule has 0 radical (unpaired) electrons. The van der Waals surface area contributed by atoms with Gasteiger partial charge < -0.3 is 4.98 Å². The highest BCUT2D eigenvalue weighted by Gasteiger charge is 1.99. The van der Waals surface area contributed by atoms with Gasteiger partial charge in [-0.25, -0.2) is 4.98 Å². The summed E-state index contributed by atoms with van der Waals surface area (Å²) in [5.74, 6) is 1.66. The quantitative estimate of drug-likeness (QED) is 0.700. The molecule has 0 atom stereocenters. The Bertz CT molecular complexity index is 382. The second-order valence-corrected chi connectivity index (χ2v) is 3.11. The van der Waals surface area contributed by atoms with Crippen LogP contribution >= 0.6 is 12.6 Å². The number of hydrogen-bond donors (Lipinski definition) is 2. The van der Waals surface area contributed by atoms with Crippen LogP contribution in [0.15, 0.2) is 36.7 Å². The predicted octanol–water partition coefficient (Wildman–Crippen LogP) is 2.51. The molecule has 1 heterocycles. The number of nitrogens with one attached hydrogen (secondary N) is 1. The lowest BCUT2D eigenvalue weighted by Crippen LogP contribution is -1.82. The van der Waals surface area contributed by atoms with Crippen LogP contribution in [0.3, 0.4) is 0 Å². The first-order valence-electron chi connectivity index (χ1n) is 4.09. The molecule has 0 unspecified atom stereocenters. The number of imidazole rings is 1. The molecule has 2 nitrogen and oxygen atoms in total. The van der Waals surface area contributed by atoms with Gasteiger partial charge in [0, 0.05) is 23.7 Å². The molecule has 2 aromatic rings. The summed E-state index contributed by atoms with van der Waals surface area (Å²) < 4.78 is 0. The van der Waals surface area contributed by atoms with Crippen LogP contribution in [-0.4, -0.2) is 9.97 Å². The van der Waals surface area contributed by atoms with Crippen molar-refractivity contribution in [1.82, 2.24) is 9.97 Å². The number of rotatable bonds is 2. The zero-order valence-electron chi connectivity index (χ0n) is 7.07. The van der Waals surface area contributed by atoms with Gasteiger partial charge in [-0.15, -0.1) is 0 Å². The van der Waals surface area contributed by atoms with E-state index in [-0.39, 0.29) is 0 Å². The Morgan fingerprint density at radius 2 is 2.31 bits per heavy atom. The minimum Gasteiger partial charge on any atom is -0.345 e. The van der Waals surface area contributed by atoms with Crippen molar-refractivity contribution in [2.45, 2.75) is 5.75 Å². The third-order valence-corrected chi connectivity index (χ3v) is 2.25. The van der Waals surface area contributed by atoms with Crippen LogP contribution in [0.4, 0.5) is 0 Å². The van der Waals surface area contributed by atoms with Crippen LogP contribution in [0.2, 0.25) is 0 Å². The number of aromatic nitrogens is 2. The van der Waals surface area contributed by atoms with Crippen LogP contribution in [0, 0.1) is 0 Å². The van der Waals surface area contributed by atoms with E-state index in [9.17, 15) is 0 Å². The predicted molar refractivity (Wildman–Crippen MR) is 56.7 cm³/mol. The summed E-state index contributed by atoms with van der Waals surface area (Å²) in [7, 11) is 0. The SMILES string of the molecule is SCc1cccc(-c2ncc[nH]2)c1. The Kier molecular flexibility index (Phi) is 2.36. The molecular weight excluding hydrogens is 180 g/mol. The van der Waals surface area contributed by atoms with Gasteiger partial charge in [-0.05, 0) is 11.6 Å². The lowest BCUT2D eigenvalue weighted by Gasteiger charge is -1.99. The van der Waals surface area contributed by atoms with Crippen molar-refractivity contribution in [3.63, 3.8) is 0 Å². The van der Waals surface area contributed by atoms with Gasteiger partial charge >= 0.3 is 0 Å². The minimum atomic E-state index is 0.758. The fraction of sp³-hybridized carbons (Fsp3) is 0.100. The number of aromatic amines is 1. The maximum atomic E-state index is 4.22. The van der Waals surface area contributed by atoms with E-state index in [1.54, 1.807) is 6.20 Å². The third kappa shape index (κ3) is 1.75. The number of hydrogen-bond acceptors (Lipinski definition) is 2. The highest BCUT2D eigenvalue weighted by atomic mass is 32.1. The standard InChI is InChI=1S/C10H10N2S/c13-7-8-2-1-3-9(6-8)10-11-4-5-12-10/h1-6,13H,7H2,(H,11,12). The van der Waals surface area contributed by atoms with Crippen LogP contribution < -0.4 is 0 Å². The lowest BCUT2D eigenvalue weighted by molar-refractivity contribution is 1.30. The number of benzene rings is 1. The molecule has 0 fully saturated rings. The van der Waals surface area contributed by atoms with Crippen molar-refractivity contribution in [1.29, 1.82) is 0 Å². The molecule has 0 amide bonds. The molecule has 0 bridgehead atoms. The number of nitrogens with zero attached hydrogens (tertiary/aromatic N) is 1. The van der Waals surface area contributed by atoms with Crippen molar-refractivity contribution >= 4 is 12.6 Å². The summed E-state index contributed by atoms with van der Waals surface area (Å²) >= 11 is 4.22. The maximum absolute atomic E-state index is 4.22. The zero-order valence-corrected chi connectivity index (χ0v) is 7.96. The van der Waals surface area contributed by atoms with Crippen molar-refractivity contribution in [3.05, 3.63) is 42.2 Å². The molecule has 0 aliphatic heterocycles. The van der Waals surface area contributed by atoms with Crippen LogP contribution in [0.5, 0.6) is 0 Å². The van der Waals surface area contributed by atoms with Crippen molar-refractivity contribution in [3.8, 4) is 11.4 Å². The number of H-pyrrole nitrogens is 1. The molecule has 0 saturated carbocycles. The molecule has 1 aromatic heterocycles. The summed E-state index contributed by atoms with van der Waals surface area (Å²) in [4.78, 5) is 7.25. The van der Waals surface area contributed by atoms with Crippen LogP contribution in [-0.2, 0) is 5.75 Å². The molecular formula is C10H10N2S. The van der Waals surface area contributed by atoms with E-state index in [4.69, 9.17) is 0 Å².